The van der Waals surface area contributed by atoms with Crippen molar-refractivity contribution in [3.05, 3.63) is 77.4 Å². The second-order valence-electron chi connectivity index (χ2n) is 9.05. The number of aliphatic hydroxyl groups excluding tert-OH is 1. The Balaban J connectivity index is 1.70. The topological polar surface area (TPSA) is 97.8 Å². The molecule has 9 heteroatoms. The summed E-state index contributed by atoms with van der Waals surface area (Å²) in [5.74, 6) is -0.0559. The lowest BCUT2D eigenvalue weighted by Crippen LogP contribution is -2.29. The number of ketones is 1. The van der Waals surface area contributed by atoms with Crippen LogP contribution in [0.15, 0.2) is 66.2 Å². The number of benzene rings is 3. The van der Waals surface area contributed by atoms with Crippen LogP contribution in [0, 0.1) is 0 Å². The molecule has 0 aromatic heterocycles. The third-order valence-corrected chi connectivity index (χ3v) is 6.64. The van der Waals surface area contributed by atoms with Gasteiger partial charge in [-0.05, 0) is 42.0 Å². The molecule has 38 heavy (non-hydrogen) atoms. The van der Waals surface area contributed by atoms with Crippen LogP contribution < -0.4 is 28.7 Å². The first-order chi connectivity index (χ1) is 18.3. The van der Waals surface area contributed by atoms with Crippen molar-refractivity contribution in [2.75, 3.05) is 51.3 Å². The number of ether oxygens (including phenoxy) is 4. The molecule has 0 spiro atoms. The summed E-state index contributed by atoms with van der Waals surface area (Å²) >= 11 is 0. The van der Waals surface area contributed by atoms with E-state index in [0.29, 0.717) is 47.5 Å². The lowest BCUT2D eigenvalue weighted by atomic mass is 9.94. The molecule has 0 aliphatic carbocycles. The Kier molecular flexibility index (Phi) is 6.59. The van der Waals surface area contributed by atoms with E-state index in [-0.39, 0.29) is 16.9 Å². The summed E-state index contributed by atoms with van der Waals surface area (Å²) in [6.45, 7) is 0.806. The maximum absolute atomic E-state index is 13.5. The first-order valence-corrected chi connectivity index (χ1v) is 12.0. The number of rotatable bonds is 6. The molecule has 0 radical (unpaired) electrons. The van der Waals surface area contributed by atoms with Crippen LogP contribution in [0.25, 0.3) is 5.76 Å². The Morgan fingerprint density at radius 3 is 2.29 bits per heavy atom. The minimum absolute atomic E-state index is 0.0500. The van der Waals surface area contributed by atoms with Gasteiger partial charge in [-0.1, -0.05) is 12.1 Å². The molecule has 5 rings (SSSR count). The number of nitrogens with zero attached hydrogens (tertiary/aromatic N) is 2. The number of carbonyl (C=O) groups excluding carboxylic acids is 2. The van der Waals surface area contributed by atoms with Crippen LogP contribution >= 0.6 is 0 Å². The lowest BCUT2D eigenvalue weighted by Gasteiger charge is -2.27. The Bertz CT molecular complexity index is 1430. The number of Topliss-reactive ketones (excluding diaryl/α,β-unsaturated/α-hetero) is 1. The number of hydrogen-bond donors (Lipinski definition) is 1. The molecule has 3 aromatic rings. The summed E-state index contributed by atoms with van der Waals surface area (Å²) in [6, 6.07) is 16.5. The Morgan fingerprint density at radius 2 is 1.63 bits per heavy atom. The van der Waals surface area contributed by atoms with E-state index < -0.39 is 17.7 Å². The van der Waals surface area contributed by atoms with Crippen LogP contribution in [0.5, 0.6) is 23.0 Å². The van der Waals surface area contributed by atoms with E-state index in [1.54, 1.807) is 36.4 Å². The van der Waals surface area contributed by atoms with Crippen molar-refractivity contribution in [2.45, 2.75) is 6.04 Å². The maximum atomic E-state index is 13.5. The average Bonchev–Trinajstić information content (AvgIpc) is 3.21. The fourth-order valence-corrected chi connectivity index (χ4v) is 4.69. The van der Waals surface area contributed by atoms with Gasteiger partial charge in [-0.25, -0.2) is 0 Å². The van der Waals surface area contributed by atoms with E-state index in [2.05, 4.69) is 0 Å². The maximum Gasteiger partial charge on any atom is 0.300 e. The van der Waals surface area contributed by atoms with Crippen LogP contribution in [0.4, 0.5) is 11.4 Å². The second kappa shape index (κ2) is 10.0. The smallest absolute Gasteiger partial charge is 0.300 e. The molecule has 1 amide bonds. The fourth-order valence-electron chi connectivity index (χ4n) is 4.69. The Hall–Kier alpha value is -4.66. The zero-order valence-electron chi connectivity index (χ0n) is 21.6. The normalized spacial score (nSPS) is 17.9. The van der Waals surface area contributed by atoms with Crippen LogP contribution in [0.3, 0.4) is 0 Å². The van der Waals surface area contributed by atoms with E-state index in [0.717, 1.165) is 5.69 Å². The van der Waals surface area contributed by atoms with Crippen molar-refractivity contribution in [2.24, 2.45) is 0 Å². The van der Waals surface area contributed by atoms with E-state index in [1.807, 2.05) is 43.3 Å². The number of fused-ring (bicyclic) bond motifs is 1. The molecular weight excluding hydrogens is 488 g/mol. The summed E-state index contributed by atoms with van der Waals surface area (Å²) in [6.07, 6.45) is 0. The highest BCUT2D eigenvalue weighted by molar-refractivity contribution is 6.51. The standard InChI is InChI=1S/C29H28N2O7/c1-30(2)18-7-5-17(6-8-18)26-25(27(32)21-11-10-20(35-3)16-23(21)36-4)28(33)29(34)31(26)19-9-12-22-24(15-19)38-14-13-37-22/h5-12,15-16,26,32H,13-14H2,1-4H3/b27-25+. The number of carbonyl (C=O) groups is 2. The van der Waals surface area contributed by atoms with Gasteiger partial charge in [0.15, 0.2) is 11.5 Å². The van der Waals surface area contributed by atoms with Gasteiger partial charge >= 0.3 is 0 Å². The molecule has 3 aromatic carbocycles. The quantitative estimate of drug-likeness (QED) is 0.296. The molecule has 1 unspecified atom stereocenters. The van der Waals surface area contributed by atoms with Crippen LogP contribution in [-0.2, 0) is 9.59 Å². The highest BCUT2D eigenvalue weighted by atomic mass is 16.6. The summed E-state index contributed by atoms with van der Waals surface area (Å²) < 4.78 is 22.1. The van der Waals surface area contributed by atoms with Crippen molar-refractivity contribution in [1.29, 1.82) is 0 Å². The zero-order valence-corrected chi connectivity index (χ0v) is 21.6. The summed E-state index contributed by atoms with van der Waals surface area (Å²) in [7, 11) is 6.82. The van der Waals surface area contributed by atoms with Crippen LogP contribution in [0.1, 0.15) is 17.2 Å². The highest BCUT2D eigenvalue weighted by Gasteiger charge is 2.47. The highest BCUT2D eigenvalue weighted by Crippen LogP contribution is 2.45. The average molecular weight is 517 g/mol. The largest absolute Gasteiger partial charge is 0.507 e. The van der Waals surface area contributed by atoms with Crippen molar-refractivity contribution >= 4 is 28.8 Å². The molecule has 1 saturated heterocycles. The van der Waals surface area contributed by atoms with Crippen molar-refractivity contribution < 1.29 is 33.6 Å². The second-order valence-corrected chi connectivity index (χ2v) is 9.05. The molecule has 1 fully saturated rings. The van der Waals surface area contributed by atoms with Crippen molar-refractivity contribution in [3.63, 3.8) is 0 Å². The summed E-state index contributed by atoms with van der Waals surface area (Å²) in [4.78, 5) is 30.4. The molecular formula is C29H28N2O7. The first-order valence-electron chi connectivity index (χ1n) is 12.0. The predicted octanol–water partition coefficient (Wildman–Crippen LogP) is 4.17. The van der Waals surface area contributed by atoms with Gasteiger partial charge in [-0.2, -0.15) is 0 Å². The number of anilines is 2. The van der Waals surface area contributed by atoms with Crippen LogP contribution in [0.2, 0.25) is 0 Å². The van der Waals surface area contributed by atoms with E-state index >= 15 is 0 Å². The molecule has 0 saturated carbocycles. The Morgan fingerprint density at radius 1 is 0.921 bits per heavy atom. The first kappa shape index (κ1) is 25.0. The fraction of sp³-hybridized carbons (Fsp3) is 0.241. The van der Waals surface area contributed by atoms with Gasteiger partial charge in [-0.3, -0.25) is 14.5 Å². The van der Waals surface area contributed by atoms with Crippen LogP contribution in [-0.4, -0.2) is 58.3 Å². The van der Waals surface area contributed by atoms with E-state index in [4.69, 9.17) is 18.9 Å². The third-order valence-electron chi connectivity index (χ3n) is 6.64. The Labute approximate surface area is 220 Å². The minimum atomic E-state index is -0.902. The predicted molar refractivity (Wildman–Crippen MR) is 143 cm³/mol. The van der Waals surface area contributed by atoms with Gasteiger partial charge in [-0.15, -0.1) is 0 Å². The molecule has 2 aliphatic rings. The number of aliphatic hydroxyl groups is 1. The minimum Gasteiger partial charge on any atom is -0.507 e. The number of amides is 1. The molecule has 196 valence electrons. The molecule has 9 nitrogen and oxygen atoms in total. The van der Waals surface area contributed by atoms with E-state index in [9.17, 15) is 14.7 Å². The lowest BCUT2D eigenvalue weighted by molar-refractivity contribution is -0.132. The number of methoxy groups -OCH3 is 2. The van der Waals surface area contributed by atoms with E-state index in [1.165, 1.54) is 19.1 Å². The summed E-state index contributed by atoms with van der Waals surface area (Å²) in [5, 5.41) is 11.5. The van der Waals surface area contributed by atoms with Crippen molar-refractivity contribution in [3.8, 4) is 23.0 Å². The SMILES string of the molecule is COc1ccc(/C(O)=C2\C(=O)C(=O)N(c3ccc4c(c3)OCCO4)C2c2ccc(N(C)C)cc2)c(OC)c1. The van der Waals surface area contributed by atoms with Crippen molar-refractivity contribution in [1.82, 2.24) is 0 Å². The number of hydrogen-bond acceptors (Lipinski definition) is 8. The van der Waals surface area contributed by atoms with Gasteiger partial charge in [0.2, 0.25) is 0 Å². The summed E-state index contributed by atoms with van der Waals surface area (Å²) in [5.41, 5.74) is 2.26. The van der Waals surface area contributed by atoms with Gasteiger partial charge < -0.3 is 29.0 Å². The zero-order chi connectivity index (χ0) is 27.0. The molecule has 2 aliphatic heterocycles. The monoisotopic (exact) mass is 516 g/mol. The van der Waals surface area contributed by atoms with Gasteiger partial charge in [0.1, 0.15) is 30.5 Å². The third kappa shape index (κ3) is 4.26. The molecule has 0 bridgehead atoms. The molecule has 2 heterocycles. The molecule has 1 atom stereocenters. The van der Waals surface area contributed by atoms with Gasteiger partial charge in [0.05, 0.1) is 31.4 Å². The molecule has 1 N–H and O–H groups in total. The van der Waals surface area contributed by atoms with Gasteiger partial charge in [0, 0.05) is 37.6 Å². The van der Waals surface area contributed by atoms with Gasteiger partial charge in [0.25, 0.3) is 11.7 Å².